The van der Waals surface area contributed by atoms with E-state index < -0.39 is 23.9 Å². The first-order chi connectivity index (χ1) is 25.1. The average molecular weight is 695 g/mol. The molecule has 4 N–H and O–H groups in total. The zero-order chi connectivity index (χ0) is 36.3. The highest BCUT2D eigenvalue weighted by molar-refractivity contribution is 6.14. The van der Waals surface area contributed by atoms with Gasteiger partial charge in [-0.2, -0.15) is 0 Å². The zero-order valence-electron chi connectivity index (χ0n) is 28.3. The van der Waals surface area contributed by atoms with E-state index in [1.807, 2.05) is 42.6 Å². The summed E-state index contributed by atoms with van der Waals surface area (Å²) in [5.41, 5.74) is 6.58. The third kappa shape index (κ3) is 5.33. The first-order valence-corrected chi connectivity index (χ1v) is 16.3. The van der Waals surface area contributed by atoms with E-state index in [9.17, 15) is 19.2 Å². The fraction of sp³-hybridized carbons (Fsp3) is 0.100. The number of hydrogen-bond acceptors (Lipinski definition) is 8. The van der Waals surface area contributed by atoms with Crippen molar-refractivity contribution in [1.29, 1.82) is 0 Å². The number of nitrogens with one attached hydrogen (secondary N) is 4. The molecule has 0 radical (unpaired) electrons. The molecule has 0 atom stereocenters. The van der Waals surface area contributed by atoms with Gasteiger partial charge >= 0.3 is 23.9 Å². The lowest BCUT2D eigenvalue weighted by Crippen LogP contribution is -2.06. The molecule has 4 aromatic heterocycles. The Morgan fingerprint density at radius 2 is 0.962 bits per heavy atom. The van der Waals surface area contributed by atoms with E-state index >= 15 is 0 Å². The second-order valence-corrected chi connectivity index (χ2v) is 12.3. The Morgan fingerprint density at radius 3 is 1.52 bits per heavy atom. The summed E-state index contributed by atoms with van der Waals surface area (Å²) in [5.74, 6) is -0.739. The number of hydrogen-bond donors (Lipinski definition) is 4. The predicted molar refractivity (Wildman–Crippen MR) is 195 cm³/mol. The summed E-state index contributed by atoms with van der Waals surface area (Å²) in [6.45, 7) is 5.33. The van der Waals surface area contributed by atoms with Crippen LogP contribution in [0.15, 0.2) is 85.5 Å². The van der Waals surface area contributed by atoms with E-state index in [1.54, 1.807) is 42.9 Å². The van der Waals surface area contributed by atoms with Crippen LogP contribution < -0.4 is 18.9 Å². The zero-order valence-corrected chi connectivity index (χ0v) is 28.3. The van der Waals surface area contributed by atoms with Crippen molar-refractivity contribution < 1.29 is 38.1 Å². The number of carbonyl (C=O) groups excluding carboxylic acids is 4. The van der Waals surface area contributed by atoms with Crippen LogP contribution >= 0.6 is 0 Å². The molecule has 0 unspecified atom stereocenters. The molecule has 0 aliphatic heterocycles. The van der Waals surface area contributed by atoms with Crippen LogP contribution in [0.4, 0.5) is 0 Å². The van der Waals surface area contributed by atoms with Crippen molar-refractivity contribution in [2.45, 2.75) is 27.7 Å². The summed E-state index contributed by atoms with van der Waals surface area (Å²) in [4.78, 5) is 62.6. The van der Waals surface area contributed by atoms with Crippen molar-refractivity contribution in [3.63, 3.8) is 0 Å². The normalized spacial score (nSPS) is 11.4. The Morgan fingerprint density at radius 1 is 0.462 bits per heavy atom. The number of benzene rings is 4. The first kappa shape index (κ1) is 32.1. The molecule has 0 spiro atoms. The molecular weight excluding hydrogens is 664 g/mol. The fourth-order valence-corrected chi connectivity index (χ4v) is 6.95. The van der Waals surface area contributed by atoms with Crippen LogP contribution in [0.3, 0.4) is 0 Å². The van der Waals surface area contributed by atoms with Gasteiger partial charge in [-0.15, -0.1) is 0 Å². The van der Waals surface area contributed by atoms with Crippen molar-refractivity contribution in [2.75, 3.05) is 0 Å². The number of rotatable bonds is 7. The molecule has 0 saturated carbocycles. The molecule has 4 heterocycles. The molecule has 0 bridgehead atoms. The summed E-state index contributed by atoms with van der Waals surface area (Å²) in [5, 5.41) is 2.55. The molecule has 0 saturated heterocycles. The third-order valence-electron chi connectivity index (χ3n) is 8.81. The average Bonchev–Trinajstić information content (AvgIpc) is 3.91. The Hall–Kier alpha value is -7.08. The standard InChI is InChI=1S/C40H30N4O8/c1-19(45)49-33-9-8-23(36-24(33)10-13-41-36)27-16-29(39(51-21(3)47)25-11-14-42-37(25)27)30-17-28(38-26(12-15-43-38)40(30)52-22(4)48)31-18-44-32-6-5-7-34(35(31)32)50-20(2)46/h5-18,41-44H,1-4H3. The van der Waals surface area contributed by atoms with Crippen LogP contribution in [0.25, 0.3) is 77.0 Å². The van der Waals surface area contributed by atoms with Crippen LogP contribution in [0.5, 0.6) is 23.0 Å². The number of aromatic amines is 4. The highest BCUT2D eigenvalue weighted by Gasteiger charge is 2.27. The molecule has 8 aromatic rings. The third-order valence-corrected chi connectivity index (χ3v) is 8.81. The van der Waals surface area contributed by atoms with Gasteiger partial charge in [0.15, 0.2) is 0 Å². The monoisotopic (exact) mass is 694 g/mol. The maximum atomic E-state index is 12.7. The lowest BCUT2D eigenvalue weighted by atomic mass is 9.90. The summed E-state index contributed by atoms with van der Waals surface area (Å²) in [7, 11) is 0. The van der Waals surface area contributed by atoms with Gasteiger partial charge in [0.25, 0.3) is 0 Å². The fourth-order valence-electron chi connectivity index (χ4n) is 6.95. The maximum Gasteiger partial charge on any atom is 0.308 e. The minimum atomic E-state index is -0.549. The Bertz CT molecular complexity index is 2780. The Labute approximate surface area is 294 Å². The van der Waals surface area contributed by atoms with E-state index in [-0.39, 0.29) is 11.5 Å². The topological polar surface area (TPSA) is 168 Å². The summed E-state index contributed by atoms with van der Waals surface area (Å²) < 4.78 is 23.1. The van der Waals surface area contributed by atoms with Crippen LogP contribution in [0.1, 0.15) is 27.7 Å². The molecule has 12 heteroatoms. The van der Waals surface area contributed by atoms with Crippen LogP contribution in [-0.4, -0.2) is 43.8 Å². The lowest BCUT2D eigenvalue weighted by Gasteiger charge is -2.19. The molecule has 258 valence electrons. The maximum absolute atomic E-state index is 12.7. The van der Waals surface area contributed by atoms with Crippen LogP contribution in [0.2, 0.25) is 0 Å². The number of H-pyrrole nitrogens is 4. The number of fused-ring (bicyclic) bond motifs is 4. The van der Waals surface area contributed by atoms with Gasteiger partial charge in [-0.25, -0.2) is 0 Å². The number of esters is 4. The van der Waals surface area contributed by atoms with Gasteiger partial charge in [0.2, 0.25) is 0 Å². The smallest absolute Gasteiger partial charge is 0.308 e. The minimum absolute atomic E-state index is 0.247. The van der Waals surface area contributed by atoms with Gasteiger partial charge in [-0.05, 0) is 54.6 Å². The van der Waals surface area contributed by atoms with Crippen LogP contribution in [-0.2, 0) is 19.2 Å². The van der Waals surface area contributed by atoms with Gasteiger partial charge in [0.05, 0.1) is 21.9 Å². The molecule has 0 fully saturated rings. The van der Waals surface area contributed by atoms with Gasteiger partial charge < -0.3 is 38.9 Å². The molecule has 52 heavy (non-hydrogen) atoms. The molecule has 0 aliphatic carbocycles. The van der Waals surface area contributed by atoms with E-state index in [4.69, 9.17) is 18.9 Å². The van der Waals surface area contributed by atoms with Gasteiger partial charge in [-0.1, -0.05) is 6.07 Å². The predicted octanol–water partition coefficient (Wildman–Crippen LogP) is 8.31. The second-order valence-electron chi connectivity index (χ2n) is 12.3. The molecule has 12 nitrogen and oxygen atoms in total. The van der Waals surface area contributed by atoms with Gasteiger partial charge in [0, 0.05) is 108 Å². The van der Waals surface area contributed by atoms with Gasteiger partial charge in [0.1, 0.15) is 23.0 Å². The van der Waals surface area contributed by atoms with Gasteiger partial charge in [-0.3, -0.25) is 19.2 Å². The lowest BCUT2D eigenvalue weighted by molar-refractivity contribution is -0.132. The largest absolute Gasteiger partial charge is 0.426 e. The van der Waals surface area contributed by atoms with Crippen molar-refractivity contribution >= 4 is 67.5 Å². The number of ether oxygens (including phenoxy) is 4. The van der Waals surface area contributed by atoms with E-state index in [0.29, 0.717) is 71.8 Å². The summed E-state index contributed by atoms with van der Waals surface area (Å²) in [6.07, 6.45) is 7.08. The molecular formula is C40H30N4O8. The van der Waals surface area contributed by atoms with Crippen molar-refractivity contribution in [3.05, 3.63) is 85.5 Å². The molecule has 0 aliphatic rings. The number of carbonyl (C=O) groups is 4. The minimum Gasteiger partial charge on any atom is -0.426 e. The molecule has 0 amide bonds. The van der Waals surface area contributed by atoms with E-state index in [0.717, 1.165) is 16.6 Å². The van der Waals surface area contributed by atoms with Crippen molar-refractivity contribution in [2.24, 2.45) is 0 Å². The van der Waals surface area contributed by atoms with E-state index in [1.165, 1.54) is 27.7 Å². The Kier molecular flexibility index (Phi) is 7.64. The highest BCUT2D eigenvalue weighted by atomic mass is 16.5. The summed E-state index contributed by atoms with van der Waals surface area (Å²) >= 11 is 0. The van der Waals surface area contributed by atoms with Crippen molar-refractivity contribution in [3.8, 4) is 56.4 Å². The second kappa shape index (κ2) is 12.4. The quantitative estimate of drug-likeness (QED) is 0.0954. The Balaban J connectivity index is 1.47. The molecule has 8 rings (SSSR count). The molecule has 4 aromatic carbocycles. The highest BCUT2D eigenvalue weighted by Crippen LogP contribution is 2.51. The summed E-state index contributed by atoms with van der Waals surface area (Å²) in [6, 6.07) is 18.2. The van der Waals surface area contributed by atoms with Crippen LogP contribution in [0, 0.1) is 0 Å². The van der Waals surface area contributed by atoms with E-state index in [2.05, 4.69) is 19.9 Å². The SMILES string of the molecule is CC(=O)Oc1ccc(-c2cc(-c3cc(-c4c[nH]c5cccc(OC(C)=O)c45)c4[nH]ccc4c3OC(C)=O)c(OC(C)=O)c3cc[nH]c23)c2[nH]ccc12. The first-order valence-electron chi connectivity index (χ1n) is 16.3. The number of aromatic nitrogens is 4. The van der Waals surface area contributed by atoms with Crippen molar-refractivity contribution in [1.82, 2.24) is 19.9 Å².